The second-order valence-electron chi connectivity index (χ2n) is 11.0. The van der Waals surface area contributed by atoms with Gasteiger partial charge in [0.25, 0.3) is 5.91 Å². The van der Waals surface area contributed by atoms with Crippen LogP contribution >= 0.6 is 0 Å². The van der Waals surface area contributed by atoms with Crippen LogP contribution in [0.5, 0.6) is 5.75 Å². The first-order valence-electron chi connectivity index (χ1n) is 12.8. The Kier molecular flexibility index (Phi) is 8.84. The SMILES string of the molecule is Cc1ccccc1NC(=O)C(c1ccc(O)cc1)N(C(=O)C(NC(=O)OC(C)(C)C)C(C)C)C1CCC1. The Morgan fingerprint density at radius 3 is 2.16 bits per heavy atom. The predicted molar refractivity (Wildman–Crippen MR) is 143 cm³/mol. The van der Waals surface area contributed by atoms with E-state index in [9.17, 15) is 19.5 Å². The molecule has 37 heavy (non-hydrogen) atoms. The zero-order chi connectivity index (χ0) is 27.3. The quantitative estimate of drug-likeness (QED) is 0.447. The molecule has 3 rings (SSSR count). The molecule has 2 atom stereocenters. The molecule has 200 valence electrons. The van der Waals surface area contributed by atoms with E-state index in [1.54, 1.807) is 37.8 Å². The van der Waals surface area contributed by atoms with Gasteiger partial charge in [0.05, 0.1) is 0 Å². The van der Waals surface area contributed by atoms with Crippen molar-refractivity contribution in [3.8, 4) is 5.75 Å². The van der Waals surface area contributed by atoms with E-state index in [1.165, 1.54) is 12.1 Å². The normalized spacial score (nSPS) is 15.3. The van der Waals surface area contributed by atoms with E-state index in [-0.39, 0.29) is 29.5 Å². The first-order valence-corrected chi connectivity index (χ1v) is 12.8. The van der Waals surface area contributed by atoms with Crippen LogP contribution in [0.2, 0.25) is 0 Å². The van der Waals surface area contributed by atoms with Gasteiger partial charge in [0.2, 0.25) is 5.91 Å². The second-order valence-corrected chi connectivity index (χ2v) is 11.0. The molecular weight excluding hydrogens is 470 g/mol. The average molecular weight is 510 g/mol. The van der Waals surface area contributed by atoms with Crippen LogP contribution in [0, 0.1) is 12.8 Å². The topological polar surface area (TPSA) is 108 Å². The number of carbonyl (C=O) groups excluding carboxylic acids is 3. The Morgan fingerprint density at radius 2 is 1.65 bits per heavy atom. The standard InChI is InChI=1S/C29H39N3O5/c1-18(2)24(31-28(36)37-29(4,5)6)27(35)32(21-11-9-12-21)25(20-14-16-22(33)17-15-20)26(34)30-23-13-8-7-10-19(23)3/h7-8,10,13-18,21,24-25,33H,9,11-12H2,1-6H3,(H,30,34)(H,31,36). The maximum absolute atomic E-state index is 14.2. The number of alkyl carbamates (subject to hydrolysis) is 1. The smallest absolute Gasteiger partial charge is 0.408 e. The number of carbonyl (C=O) groups is 3. The molecule has 1 saturated carbocycles. The lowest BCUT2D eigenvalue weighted by molar-refractivity contribution is -0.146. The highest BCUT2D eigenvalue weighted by atomic mass is 16.6. The third-order valence-corrected chi connectivity index (χ3v) is 6.47. The van der Waals surface area contributed by atoms with Gasteiger partial charge in [0.15, 0.2) is 0 Å². The van der Waals surface area contributed by atoms with E-state index in [2.05, 4.69) is 10.6 Å². The lowest BCUT2D eigenvalue weighted by Gasteiger charge is -2.44. The number of nitrogens with zero attached hydrogens (tertiary/aromatic N) is 1. The highest BCUT2D eigenvalue weighted by Gasteiger charge is 2.42. The molecule has 1 aliphatic carbocycles. The van der Waals surface area contributed by atoms with Crippen LogP contribution < -0.4 is 10.6 Å². The first-order chi connectivity index (χ1) is 17.4. The number of nitrogens with one attached hydrogen (secondary N) is 2. The number of amides is 3. The summed E-state index contributed by atoms with van der Waals surface area (Å²) in [6.45, 7) is 10.9. The summed E-state index contributed by atoms with van der Waals surface area (Å²) in [5, 5.41) is 15.6. The molecule has 0 heterocycles. The van der Waals surface area contributed by atoms with Gasteiger partial charge >= 0.3 is 6.09 Å². The van der Waals surface area contributed by atoms with Crippen molar-refractivity contribution in [1.82, 2.24) is 10.2 Å². The summed E-state index contributed by atoms with van der Waals surface area (Å²) in [5.74, 6) is -0.888. The second kappa shape index (κ2) is 11.7. The lowest BCUT2D eigenvalue weighted by Crippen LogP contribution is -2.58. The van der Waals surface area contributed by atoms with Gasteiger partial charge in [0, 0.05) is 11.7 Å². The Hall–Kier alpha value is -3.55. The number of anilines is 1. The van der Waals surface area contributed by atoms with E-state index in [0.717, 1.165) is 24.8 Å². The van der Waals surface area contributed by atoms with Crippen molar-refractivity contribution in [3.05, 3.63) is 59.7 Å². The van der Waals surface area contributed by atoms with E-state index in [1.807, 2.05) is 45.0 Å². The monoisotopic (exact) mass is 509 g/mol. The Balaban J connectivity index is 2.01. The van der Waals surface area contributed by atoms with Crippen LogP contribution in [0.25, 0.3) is 0 Å². The molecule has 0 aliphatic heterocycles. The minimum absolute atomic E-state index is 0.0648. The van der Waals surface area contributed by atoms with Gasteiger partial charge in [-0.05, 0) is 82.2 Å². The molecular formula is C29H39N3O5. The van der Waals surface area contributed by atoms with Crippen molar-refractivity contribution in [3.63, 3.8) is 0 Å². The third-order valence-electron chi connectivity index (χ3n) is 6.47. The molecule has 0 bridgehead atoms. The van der Waals surface area contributed by atoms with Gasteiger partial charge in [-0.1, -0.05) is 44.2 Å². The molecule has 8 nitrogen and oxygen atoms in total. The molecule has 8 heteroatoms. The number of para-hydroxylation sites is 1. The van der Waals surface area contributed by atoms with Crippen molar-refractivity contribution in [2.75, 3.05) is 5.32 Å². The largest absolute Gasteiger partial charge is 0.508 e. The zero-order valence-electron chi connectivity index (χ0n) is 22.6. The highest BCUT2D eigenvalue weighted by molar-refractivity contribution is 5.99. The van der Waals surface area contributed by atoms with E-state index < -0.39 is 23.8 Å². The number of phenols is 1. The van der Waals surface area contributed by atoms with Gasteiger partial charge in [-0.3, -0.25) is 9.59 Å². The number of aryl methyl sites for hydroxylation is 1. The zero-order valence-corrected chi connectivity index (χ0v) is 22.6. The number of hydrogen-bond acceptors (Lipinski definition) is 5. The van der Waals surface area contributed by atoms with Crippen LogP contribution in [-0.4, -0.2) is 45.6 Å². The number of phenolic OH excluding ortho intramolecular Hbond substituents is 1. The average Bonchev–Trinajstić information content (AvgIpc) is 2.77. The number of rotatable bonds is 8. The fourth-order valence-electron chi connectivity index (χ4n) is 4.30. The molecule has 0 saturated heterocycles. The number of aromatic hydroxyl groups is 1. The number of hydrogen-bond donors (Lipinski definition) is 3. The molecule has 0 spiro atoms. The molecule has 2 aromatic carbocycles. The summed E-state index contributed by atoms with van der Waals surface area (Å²) in [5.41, 5.74) is 1.41. The highest BCUT2D eigenvalue weighted by Crippen LogP contribution is 2.35. The molecule has 3 amide bonds. The van der Waals surface area contributed by atoms with Gasteiger partial charge in [0.1, 0.15) is 23.4 Å². The fourth-order valence-corrected chi connectivity index (χ4v) is 4.30. The van der Waals surface area contributed by atoms with Crippen LogP contribution in [0.1, 0.15) is 71.0 Å². The van der Waals surface area contributed by atoms with Gasteiger partial charge < -0.3 is 25.4 Å². The Morgan fingerprint density at radius 1 is 1.03 bits per heavy atom. The van der Waals surface area contributed by atoms with Crippen molar-refractivity contribution < 1.29 is 24.2 Å². The van der Waals surface area contributed by atoms with E-state index >= 15 is 0 Å². The summed E-state index contributed by atoms with van der Waals surface area (Å²) >= 11 is 0. The molecule has 3 N–H and O–H groups in total. The minimum Gasteiger partial charge on any atom is -0.508 e. The van der Waals surface area contributed by atoms with Crippen molar-refractivity contribution >= 4 is 23.6 Å². The fraction of sp³-hybridized carbons (Fsp3) is 0.483. The molecule has 2 unspecified atom stereocenters. The minimum atomic E-state index is -0.959. The Bertz CT molecular complexity index is 1100. The summed E-state index contributed by atoms with van der Waals surface area (Å²) in [6, 6.07) is 11.8. The summed E-state index contributed by atoms with van der Waals surface area (Å²) in [4.78, 5) is 42.3. The van der Waals surface area contributed by atoms with Crippen LogP contribution in [0.4, 0.5) is 10.5 Å². The van der Waals surface area contributed by atoms with E-state index in [4.69, 9.17) is 4.74 Å². The Labute approximate surface area is 219 Å². The van der Waals surface area contributed by atoms with Crippen molar-refractivity contribution in [1.29, 1.82) is 0 Å². The van der Waals surface area contributed by atoms with Gasteiger partial charge in [-0.25, -0.2) is 4.79 Å². The summed E-state index contributed by atoms with van der Waals surface area (Å²) < 4.78 is 5.42. The van der Waals surface area contributed by atoms with Gasteiger partial charge in [-0.15, -0.1) is 0 Å². The van der Waals surface area contributed by atoms with Crippen LogP contribution in [0.15, 0.2) is 48.5 Å². The molecule has 0 radical (unpaired) electrons. The lowest BCUT2D eigenvalue weighted by atomic mass is 9.87. The maximum Gasteiger partial charge on any atom is 0.408 e. The van der Waals surface area contributed by atoms with Crippen LogP contribution in [-0.2, 0) is 14.3 Å². The summed E-state index contributed by atoms with van der Waals surface area (Å²) in [6.07, 6.45) is 1.78. The van der Waals surface area contributed by atoms with Crippen molar-refractivity contribution in [2.45, 2.75) is 84.5 Å². The van der Waals surface area contributed by atoms with Gasteiger partial charge in [-0.2, -0.15) is 0 Å². The van der Waals surface area contributed by atoms with Crippen molar-refractivity contribution in [2.24, 2.45) is 5.92 Å². The van der Waals surface area contributed by atoms with Crippen LogP contribution in [0.3, 0.4) is 0 Å². The predicted octanol–water partition coefficient (Wildman–Crippen LogP) is 5.31. The number of benzene rings is 2. The third kappa shape index (κ3) is 7.24. The maximum atomic E-state index is 14.2. The van der Waals surface area contributed by atoms with E-state index in [0.29, 0.717) is 11.3 Å². The summed E-state index contributed by atoms with van der Waals surface area (Å²) in [7, 11) is 0. The molecule has 1 aliphatic rings. The first kappa shape index (κ1) is 28.0. The molecule has 0 aromatic heterocycles. The number of ether oxygens (including phenoxy) is 1. The molecule has 1 fully saturated rings. The molecule has 2 aromatic rings.